The van der Waals surface area contributed by atoms with Crippen molar-refractivity contribution in [3.63, 3.8) is 0 Å². The van der Waals surface area contributed by atoms with Crippen LogP contribution in [0.25, 0.3) is 0 Å². The molecule has 1 aromatic rings. The predicted molar refractivity (Wildman–Crippen MR) is 117 cm³/mol. The van der Waals surface area contributed by atoms with Gasteiger partial charge >= 0.3 is 24.1 Å². The molecule has 4 aliphatic rings. The maximum absolute atomic E-state index is 12.7. The molecule has 0 unspecified atom stereocenters. The number of methoxy groups -OCH3 is 1. The summed E-state index contributed by atoms with van der Waals surface area (Å²) < 4.78 is 58.5. The summed E-state index contributed by atoms with van der Waals surface area (Å²) in [6, 6.07) is 3.27. The van der Waals surface area contributed by atoms with Gasteiger partial charge in [-0.3, -0.25) is 0 Å². The Kier molecular flexibility index (Phi) is 5.93. The number of aliphatic hydroxyl groups excluding tert-OH is 1. The van der Waals surface area contributed by atoms with E-state index in [1.54, 1.807) is 6.07 Å². The molecule has 206 valence electrons. The van der Waals surface area contributed by atoms with Crippen LogP contribution in [0.5, 0.6) is 11.5 Å². The number of ether oxygens (including phenoxy) is 4. The van der Waals surface area contributed by atoms with Gasteiger partial charge in [-0.05, 0) is 44.1 Å². The van der Waals surface area contributed by atoms with Crippen LogP contribution in [0.1, 0.15) is 24.0 Å². The smallest absolute Gasteiger partial charge is 0.490 e. The van der Waals surface area contributed by atoms with E-state index in [4.69, 9.17) is 14.2 Å². The number of aliphatic carboxylic acids is 1. The van der Waals surface area contributed by atoms with Gasteiger partial charge in [0.2, 0.25) is 6.10 Å². The maximum Gasteiger partial charge on any atom is 0.490 e. The Morgan fingerprint density at radius 3 is 2.61 bits per heavy atom. The third kappa shape index (κ3) is 3.50. The zero-order valence-corrected chi connectivity index (χ0v) is 20.2. The van der Waals surface area contributed by atoms with Gasteiger partial charge in [0.05, 0.1) is 18.1 Å². The number of hydrogen-bond acceptors (Lipinski definition) is 10. The SMILES string of the molecule is COc1ccc2c3c1O[C@H]1C(OC(=O)[C@H](O)[C@@H](OC(=O)C(F)(F)F)C(=O)O)=CC[C@@]4(O)[C@@H](C2)N(C)CC[C@]314. The maximum atomic E-state index is 12.7. The fourth-order valence-corrected chi connectivity index (χ4v) is 6.32. The third-order valence-electron chi connectivity index (χ3n) is 8.01. The molecule has 2 heterocycles. The molecule has 3 N–H and O–H groups in total. The number of hydrogen-bond donors (Lipinski definition) is 3. The van der Waals surface area contributed by atoms with Crippen LogP contribution >= 0.6 is 0 Å². The molecule has 2 aliphatic carbocycles. The first-order valence-corrected chi connectivity index (χ1v) is 11.7. The molecule has 2 aliphatic heterocycles. The number of benzene rings is 1. The van der Waals surface area contributed by atoms with Crippen molar-refractivity contribution in [2.45, 2.75) is 60.8 Å². The highest BCUT2D eigenvalue weighted by molar-refractivity contribution is 5.88. The number of aliphatic hydroxyl groups is 2. The average Bonchev–Trinajstić information content (AvgIpc) is 3.20. The molecule has 1 fully saturated rings. The van der Waals surface area contributed by atoms with E-state index in [1.807, 2.05) is 18.0 Å². The van der Waals surface area contributed by atoms with E-state index < -0.39 is 53.4 Å². The molecule has 1 saturated heterocycles. The molecule has 1 spiro atoms. The van der Waals surface area contributed by atoms with Gasteiger partial charge in [0.1, 0.15) is 5.76 Å². The zero-order valence-electron chi connectivity index (χ0n) is 20.2. The molecular weight excluding hydrogens is 519 g/mol. The molecule has 0 saturated carbocycles. The van der Waals surface area contributed by atoms with Gasteiger partial charge < -0.3 is 39.2 Å². The lowest BCUT2D eigenvalue weighted by atomic mass is 9.50. The zero-order chi connectivity index (χ0) is 27.8. The van der Waals surface area contributed by atoms with Crippen LogP contribution in [0.4, 0.5) is 13.2 Å². The van der Waals surface area contributed by atoms with E-state index in [-0.39, 0.29) is 18.2 Å². The van der Waals surface area contributed by atoms with E-state index in [2.05, 4.69) is 4.74 Å². The van der Waals surface area contributed by atoms with Crippen LogP contribution in [0.15, 0.2) is 24.0 Å². The average molecular weight is 543 g/mol. The van der Waals surface area contributed by atoms with E-state index in [9.17, 15) is 42.9 Å². The minimum absolute atomic E-state index is 0.00207. The molecule has 0 amide bonds. The second-order valence-electron chi connectivity index (χ2n) is 9.81. The van der Waals surface area contributed by atoms with Crippen molar-refractivity contribution in [1.29, 1.82) is 0 Å². The van der Waals surface area contributed by atoms with Gasteiger partial charge in [0, 0.05) is 18.0 Å². The summed E-state index contributed by atoms with van der Waals surface area (Å²) in [4.78, 5) is 37.3. The molecule has 0 aromatic heterocycles. The fraction of sp³-hybridized carbons (Fsp3) is 0.542. The highest BCUT2D eigenvalue weighted by atomic mass is 19.4. The van der Waals surface area contributed by atoms with Crippen molar-refractivity contribution in [3.05, 3.63) is 35.1 Å². The van der Waals surface area contributed by atoms with E-state index in [1.165, 1.54) is 13.2 Å². The van der Waals surface area contributed by atoms with Crippen molar-refractivity contribution in [2.24, 2.45) is 0 Å². The summed E-state index contributed by atoms with van der Waals surface area (Å²) in [6.07, 6.45) is -10.0. The molecular formula is C24H24F3NO10. The Labute approximate surface area is 213 Å². The van der Waals surface area contributed by atoms with Crippen LogP contribution < -0.4 is 9.47 Å². The van der Waals surface area contributed by atoms with Crippen LogP contribution in [0.2, 0.25) is 0 Å². The van der Waals surface area contributed by atoms with Crippen LogP contribution in [0.3, 0.4) is 0 Å². The van der Waals surface area contributed by atoms with Crippen molar-refractivity contribution in [1.82, 2.24) is 4.90 Å². The lowest BCUT2D eigenvalue weighted by Crippen LogP contribution is -2.74. The number of halogens is 3. The number of esters is 2. The predicted octanol–water partition coefficient (Wildman–Crippen LogP) is 0.436. The number of likely N-dealkylation sites (tertiary alicyclic amines) is 1. The summed E-state index contributed by atoms with van der Waals surface area (Å²) in [5.74, 6) is -6.20. The Bertz CT molecular complexity index is 1250. The van der Waals surface area contributed by atoms with Crippen molar-refractivity contribution in [3.8, 4) is 11.5 Å². The topological polar surface area (TPSA) is 152 Å². The highest BCUT2D eigenvalue weighted by Crippen LogP contribution is 2.65. The van der Waals surface area contributed by atoms with Gasteiger partial charge in [-0.1, -0.05) is 6.07 Å². The fourth-order valence-electron chi connectivity index (χ4n) is 6.32. The number of alkyl halides is 3. The number of likely N-dealkylation sites (N-methyl/N-ethyl adjacent to an activating group) is 1. The summed E-state index contributed by atoms with van der Waals surface area (Å²) in [7, 11) is 3.33. The number of piperidine rings is 1. The van der Waals surface area contributed by atoms with Gasteiger partial charge in [-0.25, -0.2) is 14.4 Å². The lowest BCUT2D eigenvalue weighted by Gasteiger charge is -2.61. The summed E-state index contributed by atoms with van der Waals surface area (Å²) in [5, 5.41) is 31.5. The van der Waals surface area contributed by atoms with Gasteiger partial charge in [0.25, 0.3) is 0 Å². The minimum atomic E-state index is -5.56. The normalized spacial score (nSPS) is 30.8. The minimum Gasteiger partial charge on any atom is -0.493 e. The van der Waals surface area contributed by atoms with Crippen LogP contribution in [-0.2, 0) is 35.7 Å². The molecule has 14 heteroatoms. The molecule has 38 heavy (non-hydrogen) atoms. The quantitative estimate of drug-likeness (QED) is 0.429. The Morgan fingerprint density at radius 2 is 1.97 bits per heavy atom. The van der Waals surface area contributed by atoms with E-state index >= 15 is 0 Å². The molecule has 2 bridgehead atoms. The molecule has 11 nitrogen and oxygen atoms in total. The Balaban J connectivity index is 1.49. The first-order valence-electron chi connectivity index (χ1n) is 11.7. The van der Waals surface area contributed by atoms with Gasteiger partial charge in [-0.2, -0.15) is 13.2 Å². The molecule has 0 radical (unpaired) electrons. The van der Waals surface area contributed by atoms with Crippen molar-refractivity contribution >= 4 is 17.9 Å². The molecule has 6 atom stereocenters. The number of carbonyl (C=O) groups excluding carboxylic acids is 2. The van der Waals surface area contributed by atoms with Crippen molar-refractivity contribution in [2.75, 3.05) is 20.7 Å². The second kappa shape index (κ2) is 8.58. The van der Waals surface area contributed by atoms with E-state index in [0.717, 1.165) is 5.56 Å². The Hall–Kier alpha value is -3.36. The number of rotatable bonds is 6. The summed E-state index contributed by atoms with van der Waals surface area (Å²) >= 11 is 0. The number of carboxylic acid groups (broad SMARTS) is 1. The standard InChI is InChI=1S/C24H24F3NO10/c1-28-8-7-22-14-10-3-4-11(35-2)16(14)37-18(22)12(5-6-23(22,34)13(28)9-10)36-20(32)15(29)17(19(30)31)38-21(33)24(25,26)27/h3-5,13,15,17-18,29,34H,6-9H2,1-2H3,(H,30,31)/t13-,15-,17-,18+,22+,23-/m1/s1. The summed E-state index contributed by atoms with van der Waals surface area (Å²) in [6.45, 7) is 0.557. The first kappa shape index (κ1) is 26.3. The second-order valence-corrected chi connectivity index (χ2v) is 9.81. The van der Waals surface area contributed by atoms with E-state index in [0.29, 0.717) is 36.4 Å². The molecule has 5 rings (SSSR count). The number of carbonyl (C=O) groups is 3. The number of nitrogens with zero attached hydrogens (tertiary/aromatic N) is 1. The summed E-state index contributed by atoms with van der Waals surface area (Å²) in [5.41, 5.74) is -0.831. The van der Waals surface area contributed by atoms with Crippen molar-refractivity contribution < 1.29 is 61.8 Å². The molecule has 1 aromatic carbocycles. The Morgan fingerprint density at radius 1 is 1.26 bits per heavy atom. The lowest BCUT2D eigenvalue weighted by molar-refractivity contribution is -0.213. The van der Waals surface area contributed by atoms with Gasteiger partial charge in [-0.15, -0.1) is 0 Å². The van der Waals surface area contributed by atoms with Gasteiger partial charge in [0.15, 0.2) is 23.7 Å². The first-order chi connectivity index (χ1) is 17.8. The van der Waals surface area contributed by atoms with Crippen LogP contribution in [0, 0.1) is 0 Å². The monoisotopic (exact) mass is 543 g/mol. The van der Waals surface area contributed by atoms with Crippen LogP contribution in [-0.4, -0.2) is 95.0 Å². The third-order valence-corrected chi connectivity index (χ3v) is 8.01. The highest BCUT2D eigenvalue weighted by Gasteiger charge is 2.72. The largest absolute Gasteiger partial charge is 0.493 e. The number of carboxylic acids is 1.